The second-order valence-electron chi connectivity index (χ2n) is 5.42. The number of morpholine rings is 1. The van der Waals surface area contributed by atoms with Gasteiger partial charge in [0.15, 0.2) is 11.5 Å². The van der Waals surface area contributed by atoms with E-state index >= 15 is 0 Å². The Hall–Kier alpha value is -2.05. The first-order chi connectivity index (χ1) is 11.7. The summed E-state index contributed by atoms with van der Waals surface area (Å²) < 4.78 is 11.3. The van der Waals surface area contributed by atoms with Gasteiger partial charge in [0.05, 0.1) is 26.0 Å². The molecule has 126 valence electrons. The monoisotopic (exact) mass is 390 g/mol. The zero-order chi connectivity index (χ0) is 16.9. The molecule has 3 rings (SSSR count). The SMILES string of the molecule is COc1cc(Br)cc(C=Nc2ccc(N3CCOCC3)cc2)c1O. The molecule has 0 spiro atoms. The van der Waals surface area contributed by atoms with Crippen molar-refractivity contribution in [3.05, 3.63) is 46.4 Å². The average molecular weight is 391 g/mol. The highest BCUT2D eigenvalue weighted by atomic mass is 79.9. The van der Waals surface area contributed by atoms with E-state index in [1.165, 1.54) is 12.8 Å². The number of rotatable bonds is 4. The minimum absolute atomic E-state index is 0.0781. The number of phenols is 1. The van der Waals surface area contributed by atoms with Gasteiger partial charge in [0.2, 0.25) is 0 Å². The molecule has 0 amide bonds. The molecular formula is C18H19BrN2O3. The van der Waals surface area contributed by atoms with Gasteiger partial charge in [-0.15, -0.1) is 0 Å². The van der Waals surface area contributed by atoms with Gasteiger partial charge >= 0.3 is 0 Å². The number of nitrogens with zero attached hydrogens (tertiary/aromatic N) is 2. The number of aromatic hydroxyl groups is 1. The van der Waals surface area contributed by atoms with E-state index < -0.39 is 0 Å². The Morgan fingerprint density at radius 2 is 1.92 bits per heavy atom. The van der Waals surface area contributed by atoms with Crippen molar-refractivity contribution in [3.63, 3.8) is 0 Å². The van der Waals surface area contributed by atoms with E-state index in [0.29, 0.717) is 11.3 Å². The predicted molar refractivity (Wildman–Crippen MR) is 99.1 cm³/mol. The van der Waals surface area contributed by atoms with Crippen molar-refractivity contribution >= 4 is 33.5 Å². The summed E-state index contributed by atoms with van der Waals surface area (Å²) in [5.41, 5.74) is 2.59. The molecule has 1 N–H and O–H groups in total. The second-order valence-corrected chi connectivity index (χ2v) is 6.34. The molecule has 2 aromatic rings. The first-order valence-electron chi connectivity index (χ1n) is 7.70. The van der Waals surface area contributed by atoms with Gasteiger partial charge in [-0.25, -0.2) is 0 Å². The lowest BCUT2D eigenvalue weighted by molar-refractivity contribution is 0.122. The minimum atomic E-state index is 0.0781. The van der Waals surface area contributed by atoms with Crippen LogP contribution in [0.15, 0.2) is 45.9 Å². The van der Waals surface area contributed by atoms with Crippen molar-refractivity contribution in [3.8, 4) is 11.5 Å². The molecule has 5 nitrogen and oxygen atoms in total. The van der Waals surface area contributed by atoms with E-state index in [2.05, 4.69) is 38.0 Å². The number of ether oxygens (including phenoxy) is 2. The highest BCUT2D eigenvalue weighted by Crippen LogP contribution is 2.33. The number of aliphatic imine (C=N–C) groups is 1. The topological polar surface area (TPSA) is 54.3 Å². The standard InChI is InChI=1S/C18H19BrN2O3/c1-23-17-11-14(19)10-13(18(17)22)12-20-15-2-4-16(5-3-15)21-6-8-24-9-7-21/h2-5,10-12,22H,6-9H2,1H3. The number of methoxy groups -OCH3 is 1. The summed E-state index contributed by atoms with van der Waals surface area (Å²) >= 11 is 3.40. The van der Waals surface area contributed by atoms with Crippen LogP contribution in [0.1, 0.15) is 5.56 Å². The number of halogens is 1. The number of phenolic OH excluding ortho intramolecular Hbond substituents is 1. The number of hydrogen-bond donors (Lipinski definition) is 1. The van der Waals surface area contributed by atoms with Gasteiger partial charge in [0, 0.05) is 35.0 Å². The van der Waals surface area contributed by atoms with Crippen molar-refractivity contribution in [2.24, 2.45) is 4.99 Å². The highest BCUT2D eigenvalue weighted by Gasteiger charge is 2.11. The van der Waals surface area contributed by atoms with Crippen LogP contribution in [0.4, 0.5) is 11.4 Å². The Labute approximate surface area is 149 Å². The van der Waals surface area contributed by atoms with Crippen LogP contribution >= 0.6 is 15.9 Å². The summed E-state index contributed by atoms with van der Waals surface area (Å²) in [6.07, 6.45) is 1.63. The van der Waals surface area contributed by atoms with Crippen LogP contribution in [-0.2, 0) is 4.74 Å². The lowest BCUT2D eigenvalue weighted by atomic mass is 10.2. The molecule has 1 saturated heterocycles. The Bertz CT molecular complexity index is 726. The van der Waals surface area contributed by atoms with Crippen LogP contribution in [-0.4, -0.2) is 44.7 Å². The fourth-order valence-electron chi connectivity index (χ4n) is 2.56. The Balaban J connectivity index is 1.76. The molecule has 6 heteroatoms. The quantitative estimate of drug-likeness (QED) is 0.807. The van der Waals surface area contributed by atoms with E-state index in [0.717, 1.165) is 36.5 Å². The molecule has 0 aliphatic carbocycles. The van der Waals surface area contributed by atoms with Crippen molar-refractivity contribution in [2.45, 2.75) is 0 Å². The maximum absolute atomic E-state index is 10.1. The molecule has 2 aromatic carbocycles. The zero-order valence-corrected chi connectivity index (χ0v) is 15.0. The van der Waals surface area contributed by atoms with E-state index in [1.807, 2.05) is 12.1 Å². The fourth-order valence-corrected chi connectivity index (χ4v) is 3.02. The second kappa shape index (κ2) is 7.68. The normalized spacial score (nSPS) is 15.0. The van der Waals surface area contributed by atoms with Crippen LogP contribution in [0, 0.1) is 0 Å². The highest BCUT2D eigenvalue weighted by molar-refractivity contribution is 9.10. The van der Waals surface area contributed by atoms with Crippen LogP contribution in [0.5, 0.6) is 11.5 Å². The van der Waals surface area contributed by atoms with Crippen molar-refractivity contribution < 1.29 is 14.6 Å². The van der Waals surface area contributed by atoms with Crippen molar-refractivity contribution in [1.29, 1.82) is 0 Å². The van der Waals surface area contributed by atoms with Gasteiger partial charge in [0.1, 0.15) is 0 Å². The summed E-state index contributed by atoms with van der Waals surface area (Å²) in [7, 11) is 1.52. The van der Waals surface area contributed by atoms with E-state index in [9.17, 15) is 5.11 Å². The fraction of sp³-hybridized carbons (Fsp3) is 0.278. The van der Waals surface area contributed by atoms with Gasteiger partial charge in [-0.1, -0.05) is 15.9 Å². The number of benzene rings is 2. The number of anilines is 1. The van der Waals surface area contributed by atoms with Crippen LogP contribution in [0.3, 0.4) is 0 Å². The first kappa shape index (κ1) is 16.8. The molecule has 0 atom stereocenters. The minimum Gasteiger partial charge on any atom is -0.504 e. The molecule has 0 radical (unpaired) electrons. The maximum Gasteiger partial charge on any atom is 0.166 e. The first-order valence-corrected chi connectivity index (χ1v) is 8.50. The summed E-state index contributed by atoms with van der Waals surface area (Å²) in [4.78, 5) is 6.73. The van der Waals surface area contributed by atoms with Crippen molar-refractivity contribution in [1.82, 2.24) is 0 Å². The zero-order valence-electron chi connectivity index (χ0n) is 13.4. The molecule has 0 bridgehead atoms. The molecule has 0 unspecified atom stereocenters. The molecule has 0 aromatic heterocycles. The summed E-state index contributed by atoms with van der Waals surface area (Å²) in [5, 5.41) is 10.1. The summed E-state index contributed by atoms with van der Waals surface area (Å²) in [5.74, 6) is 0.489. The van der Waals surface area contributed by atoms with Gasteiger partial charge < -0.3 is 19.5 Å². The largest absolute Gasteiger partial charge is 0.504 e. The third-order valence-electron chi connectivity index (χ3n) is 3.87. The Morgan fingerprint density at radius 1 is 1.21 bits per heavy atom. The summed E-state index contributed by atoms with van der Waals surface area (Å²) in [6, 6.07) is 11.5. The molecule has 1 fully saturated rings. The van der Waals surface area contributed by atoms with E-state index in [-0.39, 0.29) is 5.75 Å². The van der Waals surface area contributed by atoms with Gasteiger partial charge in [-0.3, -0.25) is 4.99 Å². The molecule has 1 heterocycles. The van der Waals surface area contributed by atoms with E-state index in [1.54, 1.807) is 18.3 Å². The van der Waals surface area contributed by atoms with Gasteiger partial charge in [-0.05, 0) is 36.4 Å². The average Bonchev–Trinajstić information content (AvgIpc) is 2.63. The molecule has 1 aliphatic rings. The number of hydrogen-bond acceptors (Lipinski definition) is 5. The Morgan fingerprint density at radius 3 is 2.58 bits per heavy atom. The Kier molecular flexibility index (Phi) is 5.37. The lowest BCUT2D eigenvalue weighted by Gasteiger charge is -2.28. The van der Waals surface area contributed by atoms with Crippen LogP contribution < -0.4 is 9.64 Å². The molecular weight excluding hydrogens is 372 g/mol. The smallest absolute Gasteiger partial charge is 0.166 e. The van der Waals surface area contributed by atoms with E-state index in [4.69, 9.17) is 9.47 Å². The lowest BCUT2D eigenvalue weighted by Crippen LogP contribution is -2.36. The van der Waals surface area contributed by atoms with Gasteiger partial charge in [-0.2, -0.15) is 0 Å². The third-order valence-corrected chi connectivity index (χ3v) is 4.33. The molecule has 24 heavy (non-hydrogen) atoms. The van der Waals surface area contributed by atoms with Crippen LogP contribution in [0.25, 0.3) is 0 Å². The summed E-state index contributed by atoms with van der Waals surface area (Å²) in [6.45, 7) is 3.36. The van der Waals surface area contributed by atoms with Crippen molar-refractivity contribution in [2.75, 3.05) is 38.3 Å². The predicted octanol–water partition coefficient (Wildman–Crippen LogP) is 3.75. The maximum atomic E-state index is 10.1. The third kappa shape index (κ3) is 3.88. The van der Waals surface area contributed by atoms with Crippen LogP contribution in [0.2, 0.25) is 0 Å². The van der Waals surface area contributed by atoms with Gasteiger partial charge in [0.25, 0.3) is 0 Å². The molecule has 0 saturated carbocycles. The molecule has 1 aliphatic heterocycles.